The SMILES string of the molecule is O=C(O)C#Cc1nccs1. The van der Waals surface area contributed by atoms with Crippen molar-refractivity contribution in [1.29, 1.82) is 0 Å². The van der Waals surface area contributed by atoms with Gasteiger partial charge >= 0.3 is 5.97 Å². The van der Waals surface area contributed by atoms with Gasteiger partial charge < -0.3 is 5.11 Å². The van der Waals surface area contributed by atoms with Crippen LogP contribution in [0.4, 0.5) is 0 Å². The third-order valence-electron chi connectivity index (χ3n) is 0.709. The first-order valence-electron chi connectivity index (χ1n) is 2.43. The van der Waals surface area contributed by atoms with Gasteiger partial charge in [0.05, 0.1) is 0 Å². The molecular weight excluding hydrogens is 150 g/mol. The number of carboxylic acid groups (broad SMARTS) is 1. The lowest BCUT2D eigenvalue weighted by Crippen LogP contribution is -1.86. The Morgan fingerprint density at radius 3 is 3.10 bits per heavy atom. The number of hydrogen-bond donors (Lipinski definition) is 1. The molecule has 1 rings (SSSR count). The van der Waals surface area contributed by atoms with Crippen molar-refractivity contribution < 1.29 is 9.90 Å². The molecule has 1 N–H and O–H groups in total. The molecule has 0 atom stereocenters. The predicted molar refractivity (Wildman–Crippen MR) is 36.6 cm³/mol. The number of hydrogen-bond acceptors (Lipinski definition) is 3. The molecule has 1 aromatic heterocycles. The van der Waals surface area contributed by atoms with Crippen LogP contribution in [0.5, 0.6) is 0 Å². The average molecular weight is 153 g/mol. The van der Waals surface area contributed by atoms with Gasteiger partial charge in [0.2, 0.25) is 0 Å². The molecule has 0 aromatic carbocycles. The minimum atomic E-state index is -1.13. The van der Waals surface area contributed by atoms with E-state index >= 15 is 0 Å². The van der Waals surface area contributed by atoms with E-state index in [0.717, 1.165) is 0 Å². The zero-order valence-corrected chi connectivity index (χ0v) is 5.68. The van der Waals surface area contributed by atoms with Crippen LogP contribution >= 0.6 is 11.3 Å². The topological polar surface area (TPSA) is 50.2 Å². The zero-order valence-electron chi connectivity index (χ0n) is 4.87. The Hall–Kier alpha value is -1.34. The van der Waals surface area contributed by atoms with E-state index in [9.17, 15) is 4.79 Å². The van der Waals surface area contributed by atoms with Crippen molar-refractivity contribution in [2.75, 3.05) is 0 Å². The van der Waals surface area contributed by atoms with Crippen LogP contribution in [0.1, 0.15) is 5.01 Å². The molecule has 0 saturated heterocycles. The summed E-state index contributed by atoms with van der Waals surface area (Å²) in [7, 11) is 0. The van der Waals surface area contributed by atoms with Crippen molar-refractivity contribution in [3.05, 3.63) is 16.6 Å². The van der Waals surface area contributed by atoms with E-state index in [0.29, 0.717) is 5.01 Å². The van der Waals surface area contributed by atoms with Crippen LogP contribution < -0.4 is 0 Å². The number of carboxylic acids is 1. The molecule has 4 heteroatoms. The fourth-order valence-electron chi connectivity index (χ4n) is 0.392. The molecule has 1 aromatic rings. The third kappa shape index (κ3) is 1.88. The van der Waals surface area contributed by atoms with Gasteiger partial charge in [0.1, 0.15) is 0 Å². The number of nitrogens with zero attached hydrogens (tertiary/aromatic N) is 1. The first-order valence-corrected chi connectivity index (χ1v) is 3.31. The van der Waals surface area contributed by atoms with Crippen molar-refractivity contribution in [3.63, 3.8) is 0 Å². The molecule has 0 bridgehead atoms. The number of carbonyl (C=O) groups is 1. The van der Waals surface area contributed by atoms with Gasteiger partial charge in [-0.25, -0.2) is 9.78 Å². The summed E-state index contributed by atoms with van der Waals surface area (Å²) in [6.45, 7) is 0. The Morgan fingerprint density at radius 1 is 1.80 bits per heavy atom. The Morgan fingerprint density at radius 2 is 2.60 bits per heavy atom. The molecule has 0 aliphatic rings. The largest absolute Gasteiger partial charge is 0.472 e. The van der Waals surface area contributed by atoms with Crippen LogP contribution in [-0.4, -0.2) is 16.1 Å². The molecule has 10 heavy (non-hydrogen) atoms. The number of thiazole rings is 1. The highest BCUT2D eigenvalue weighted by atomic mass is 32.1. The van der Waals surface area contributed by atoms with Crippen LogP contribution in [0, 0.1) is 11.8 Å². The molecule has 0 amide bonds. The summed E-state index contributed by atoms with van der Waals surface area (Å²) in [5, 5.41) is 10.4. The Labute approximate surface area is 61.3 Å². The lowest BCUT2D eigenvalue weighted by Gasteiger charge is -1.71. The second kappa shape index (κ2) is 2.99. The molecule has 0 aliphatic heterocycles. The van der Waals surface area contributed by atoms with E-state index in [1.165, 1.54) is 11.3 Å². The van der Waals surface area contributed by atoms with Crippen LogP contribution in [0.3, 0.4) is 0 Å². The van der Waals surface area contributed by atoms with E-state index in [4.69, 9.17) is 5.11 Å². The van der Waals surface area contributed by atoms with Crippen molar-refractivity contribution in [2.24, 2.45) is 0 Å². The maximum Gasteiger partial charge on any atom is 0.382 e. The Kier molecular flexibility index (Phi) is 2.03. The average Bonchev–Trinajstić information content (AvgIpc) is 2.34. The van der Waals surface area contributed by atoms with Gasteiger partial charge in [-0.2, -0.15) is 0 Å². The normalized spacial score (nSPS) is 8.00. The van der Waals surface area contributed by atoms with Gasteiger partial charge in [-0.3, -0.25) is 0 Å². The number of aliphatic carboxylic acids is 1. The lowest BCUT2D eigenvalue weighted by atomic mass is 10.6. The molecule has 0 radical (unpaired) electrons. The summed E-state index contributed by atoms with van der Waals surface area (Å²) in [6.07, 6.45) is 1.58. The summed E-state index contributed by atoms with van der Waals surface area (Å²) in [6, 6.07) is 0. The second-order valence-electron chi connectivity index (χ2n) is 1.39. The van der Waals surface area contributed by atoms with Crippen LogP contribution in [0.2, 0.25) is 0 Å². The summed E-state index contributed by atoms with van der Waals surface area (Å²) in [5.41, 5.74) is 0. The molecule has 0 spiro atoms. The molecule has 0 fully saturated rings. The maximum absolute atomic E-state index is 9.90. The minimum Gasteiger partial charge on any atom is -0.472 e. The van der Waals surface area contributed by atoms with E-state index < -0.39 is 5.97 Å². The summed E-state index contributed by atoms with van der Waals surface area (Å²) >= 11 is 1.32. The highest BCUT2D eigenvalue weighted by Gasteiger charge is 1.87. The summed E-state index contributed by atoms with van der Waals surface area (Å²) in [4.78, 5) is 13.7. The summed E-state index contributed by atoms with van der Waals surface area (Å²) < 4.78 is 0. The molecule has 1 heterocycles. The monoisotopic (exact) mass is 153 g/mol. The fraction of sp³-hybridized carbons (Fsp3) is 0. The first kappa shape index (κ1) is 6.78. The Bertz CT molecular complexity index is 280. The molecule has 3 nitrogen and oxygen atoms in total. The van der Waals surface area contributed by atoms with Gasteiger partial charge in [0, 0.05) is 17.5 Å². The highest BCUT2D eigenvalue weighted by molar-refractivity contribution is 7.10. The molecular formula is C6H3NO2S. The van der Waals surface area contributed by atoms with Gasteiger partial charge in [-0.1, -0.05) is 0 Å². The molecule has 0 aliphatic carbocycles. The number of aromatic nitrogens is 1. The van der Waals surface area contributed by atoms with Crippen LogP contribution in [-0.2, 0) is 4.79 Å². The van der Waals surface area contributed by atoms with Crippen molar-refractivity contribution in [3.8, 4) is 11.8 Å². The van der Waals surface area contributed by atoms with E-state index in [1.54, 1.807) is 11.6 Å². The van der Waals surface area contributed by atoms with Crippen molar-refractivity contribution >= 4 is 17.3 Å². The second-order valence-corrected chi connectivity index (χ2v) is 2.29. The van der Waals surface area contributed by atoms with Crippen LogP contribution in [0.25, 0.3) is 0 Å². The maximum atomic E-state index is 9.90. The lowest BCUT2D eigenvalue weighted by molar-refractivity contribution is -0.130. The Balaban J connectivity index is 2.75. The molecule has 50 valence electrons. The fourth-order valence-corrected chi connectivity index (χ4v) is 0.874. The van der Waals surface area contributed by atoms with E-state index in [-0.39, 0.29) is 0 Å². The number of rotatable bonds is 0. The quantitative estimate of drug-likeness (QED) is 0.554. The predicted octanol–water partition coefficient (Wildman–Crippen LogP) is 0.579. The molecule has 0 unspecified atom stereocenters. The van der Waals surface area contributed by atoms with Gasteiger partial charge in [0.15, 0.2) is 5.01 Å². The molecule has 0 saturated carbocycles. The zero-order chi connectivity index (χ0) is 7.40. The van der Waals surface area contributed by atoms with Gasteiger partial charge in [-0.15, -0.1) is 11.3 Å². The van der Waals surface area contributed by atoms with E-state index in [2.05, 4.69) is 10.9 Å². The smallest absolute Gasteiger partial charge is 0.382 e. The summed E-state index contributed by atoms with van der Waals surface area (Å²) in [5.74, 6) is 3.21. The minimum absolute atomic E-state index is 0.530. The van der Waals surface area contributed by atoms with Gasteiger partial charge in [-0.05, 0) is 5.92 Å². The van der Waals surface area contributed by atoms with Crippen molar-refractivity contribution in [1.82, 2.24) is 4.98 Å². The third-order valence-corrected chi connectivity index (χ3v) is 1.40. The van der Waals surface area contributed by atoms with Crippen molar-refractivity contribution in [2.45, 2.75) is 0 Å². The first-order chi connectivity index (χ1) is 4.79. The van der Waals surface area contributed by atoms with Gasteiger partial charge in [0.25, 0.3) is 0 Å². The highest BCUT2D eigenvalue weighted by Crippen LogP contribution is 1.99. The standard InChI is InChI=1S/C6H3NO2S/c8-6(9)2-1-5-7-3-4-10-5/h3-4H,(H,8,9). The van der Waals surface area contributed by atoms with Crippen LogP contribution in [0.15, 0.2) is 11.6 Å². The van der Waals surface area contributed by atoms with E-state index in [1.807, 2.05) is 5.92 Å².